The number of rotatable bonds is 3. The number of Topliss-reactive ketones (excluding diaryl/α,β-unsaturated/α-hetero) is 1. The molecule has 0 spiro atoms. The average Bonchev–Trinajstić information content (AvgIpc) is 2.39. The molecule has 1 heteroatoms. The highest BCUT2D eigenvalue weighted by atomic mass is 16.1. The Morgan fingerprint density at radius 3 is 2.44 bits per heavy atom. The standard InChI is InChI=1S/C17H20O/c1-12-4-6-15(7-5-12)13(2)16-8-10-17(11-9-16)14(3)18/h4-8,10-11,13,16H,9H2,1-3H3. The van der Waals surface area contributed by atoms with Crippen LogP contribution in [-0.4, -0.2) is 5.78 Å². The maximum Gasteiger partial charge on any atom is 0.159 e. The van der Waals surface area contributed by atoms with E-state index in [0.717, 1.165) is 12.0 Å². The Balaban J connectivity index is 2.09. The van der Waals surface area contributed by atoms with Crippen molar-refractivity contribution in [2.75, 3.05) is 0 Å². The van der Waals surface area contributed by atoms with Gasteiger partial charge in [0.1, 0.15) is 0 Å². The van der Waals surface area contributed by atoms with Gasteiger partial charge in [0.25, 0.3) is 0 Å². The molecule has 1 aliphatic rings. The lowest BCUT2D eigenvalue weighted by molar-refractivity contribution is -0.113. The topological polar surface area (TPSA) is 17.1 Å². The summed E-state index contributed by atoms with van der Waals surface area (Å²) >= 11 is 0. The first kappa shape index (κ1) is 12.8. The molecule has 0 aromatic heterocycles. The Morgan fingerprint density at radius 2 is 1.94 bits per heavy atom. The largest absolute Gasteiger partial charge is 0.295 e. The SMILES string of the molecule is CC(=O)C1=CCC(C(C)c2ccc(C)cc2)C=C1. The van der Waals surface area contributed by atoms with E-state index in [1.54, 1.807) is 6.92 Å². The van der Waals surface area contributed by atoms with E-state index >= 15 is 0 Å². The van der Waals surface area contributed by atoms with Crippen molar-refractivity contribution in [2.45, 2.75) is 33.1 Å². The van der Waals surface area contributed by atoms with Gasteiger partial charge >= 0.3 is 0 Å². The number of carbonyl (C=O) groups is 1. The molecule has 0 bridgehead atoms. The van der Waals surface area contributed by atoms with Gasteiger partial charge in [0.2, 0.25) is 0 Å². The smallest absolute Gasteiger partial charge is 0.159 e. The van der Waals surface area contributed by atoms with E-state index in [4.69, 9.17) is 0 Å². The predicted octanol–water partition coefficient (Wildman–Crippen LogP) is 4.19. The van der Waals surface area contributed by atoms with Crippen LogP contribution in [0.1, 0.15) is 37.3 Å². The second-order valence-corrected chi connectivity index (χ2v) is 5.17. The molecule has 1 nitrogen and oxygen atoms in total. The summed E-state index contributed by atoms with van der Waals surface area (Å²) in [7, 11) is 0. The second kappa shape index (κ2) is 5.34. The summed E-state index contributed by atoms with van der Waals surface area (Å²) in [4.78, 5) is 11.3. The minimum absolute atomic E-state index is 0.160. The highest BCUT2D eigenvalue weighted by Gasteiger charge is 2.18. The van der Waals surface area contributed by atoms with Gasteiger partial charge in [0, 0.05) is 5.57 Å². The zero-order valence-electron chi connectivity index (χ0n) is 11.3. The maximum atomic E-state index is 11.3. The van der Waals surface area contributed by atoms with E-state index in [0.29, 0.717) is 11.8 Å². The molecule has 0 saturated carbocycles. The fourth-order valence-corrected chi connectivity index (χ4v) is 2.39. The predicted molar refractivity (Wildman–Crippen MR) is 75.6 cm³/mol. The first-order chi connectivity index (χ1) is 8.58. The number of hydrogen-bond acceptors (Lipinski definition) is 1. The summed E-state index contributed by atoms with van der Waals surface area (Å²) in [5.74, 6) is 1.15. The van der Waals surface area contributed by atoms with Gasteiger partial charge in [-0.25, -0.2) is 0 Å². The first-order valence-corrected chi connectivity index (χ1v) is 6.54. The van der Waals surface area contributed by atoms with Crippen LogP contribution >= 0.6 is 0 Å². The molecule has 94 valence electrons. The van der Waals surface area contributed by atoms with Crippen LogP contribution in [0.2, 0.25) is 0 Å². The second-order valence-electron chi connectivity index (χ2n) is 5.17. The van der Waals surface area contributed by atoms with Crippen molar-refractivity contribution in [3.05, 3.63) is 59.2 Å². The summed E-state index contributed by atoms with van der Waals surface area (Å²) in [5.41, 5.74) is 3.51. The molecule has 0 heterocycles. The summed E-state index contributed by atoms with van der Waals surface area (Å²) in [6, 6.07) is 8.74. The Hall–Kier alpha value is -1.63. The van der Waals surface area contributed by atoms with Gasteiger partial charge in [-0.1, -0.05) is 55.0 Å². The maximum absolute atomic E-state index is 11.3. The first-order valence-electron chi connectivity index (χ1n) is 6.54. The molecular formula is C17H20O. The van der Waals surface area contributed by atoms with Crippen LogP contribution in [0.5, 0.6) is 0 Å². The highest BCUT2D eigenvalue weighted by Crippen LogP contribution is 2.31. The molecule has 0 N–H and O–H groups in total. The molecule has 18 heavy (non-hydrogen) atoms. The minimum atomic E-state index is 0.160. The quantitative estimate of drug-likeness (QED) is 0.774. The highest BCUT2D eigenvalue weighted by molar-refractivity contribution is 5.96. The van der Waals surface area contributed by atoms with Gasteiger partial charge in [-0.2, -0.15) is 0 Å². The van der Waals surface area contributed by atoms with Crippen LogP contribution in [0.3, 0.4) is 0 Å². The van der Waals surface area contributed by atoms with Gasteiger partial charge in [-0.3, -0.25) is 4.79 Å². The van der Waals surface area contributed by atoms with Crippen LogP contribution < -0.4 is 0 Å². The number of allylic oxidation sites excluding steroid dienone is 4. The molecule has 1 aromatic carbocycles. The van der Waals surface area contributed by atoms with Crippen molar-refractivity contribution in [1.82, 2.24) is 0 Å². The van der Waals surface area contributed by atoms with Gasteiger partial charge < -0.3 is 0 Å². The van der Waals surface area contributed by atoms with E-state index in [2.05, 4.69) is 50.3 Å². The Morgan fingerprint density at radius 1 is 1.28 bits per heavy atom. The van der Waals surface area contributed by atoms with Crippen LogP contribution in [0.15, 0.2) is 48.1 Å². The van der Waals surface area contributed by atoms with Gasteiger partial charge in [-0.15, -0.1) is 0 Å². The third kappa shape index (κ3) is 2.79. The van der Waals surface area contributed by atoms with Crippen molar-refractivity contribution in [1.29, 1.82) is 0 Å². The average molecular weight is 240 g/mol. The summed E-state index contributed by atoms with van der Waals surface area (Å²) < 4.78 is 0. The lowest BCUT2D eigenvalue weighted by Gasteiger charge is -2.23. The van der Waals surface area contributed by atoms with Gasteiger partial charge in [0.15, 0.2) is 5.78 Å². The fraction of sp³-hybridized carbons (Fsp3) is 0.353. The number of carbonyl (C=O) groups excluding carboxylic acids is 1. The molecule has 1 aromatic rings. The Kier molecular flexibility index (Phi) is 3.81. The molecule has 0 saturated heterocycles. The van der Waals surface area contributed by atoms with Crippen molar-refractivity contribution in [3.8, 4) is 0 Å². The van der Waals surface area contributed by atoms with Crippen LogP contribution in [0.25, 0.3) is 0 Å². The number of benzene rings is 1. The molecule has 0 fully saturated rings. The van der Waals surface area contributed by atoms with Crippen molar-refractivity contribution in [2.24, 2.45) is 5.92 Å². The lowest BCUT2D eigenvalue weighted by atomic mass is 9.82. The lowest BCUT2D eigenvalue weighted by Crippen LogP contribution is -2.11. The van der Waals surface area contributed by atoms with Crippen LogP contribution in [0, 0.1) is 12.8 Å². The molecule has 0 aliphatic heterocycles. The molecule has 2 unspecified atom stereocenters. The molecule has 1 aliphatic carbocycles. The zero-order chi connectivity index (χ0) is 13.1. The number of ketones is 1. The molecule has 2 atom stereocenters. The minimum Gasteiger partial charge on any atom is -0.295 e. The van der Waals surface area contributed by atoms with Crippen molar-refractivity contribution >= 4 is 5.78 Å². The van der Waals surface area contributed by atoms with Crippen LogP contribution in [-0.2, 0) is 4.79 Å². The zero-order valence-corrected chi connectivity index (χ0v) is 11.3. The third-order valence-corrected chi connectivity index (χ3v) is 3.78. The number of hydrogen-bond donors (Lipinski definition) is 0. The molecular weight excluding hydrogens is 220 g/mol. The van der Waals surface area contributed by atoms with Crippen molar-refractivity contribution in [3.63, 3.8) is 0 Å². The number of aryl methyl sites for hydroxylation is 1. The summed E-state index contributed by atoms with van der Waals surface area (Å²) in [5, 5.41) is 0. The van der Waals surface area contributed by atoms with E-state index in [1.807, 2.05) is 6.08 Å². The Bertz CT molecular complexity index is 491. The van der Waals surface area contributed by atoms with Crippen LogP contribution in [0.4, 0.5) is 0 Å². The normalized spacial score (nSPS) is 20.4. The molecule has 0 amide bonds. The van der Waals surface area contributed by atoms with E-state index in [-0.39, 0.29) is 5.78 Å². The van der Waals surface area contributed by atoms with Crippen molar-refractivity contribution < 1.29 is 4.79 Å². The fourth-order valence-electron chi connectivity index (χ4n) is 2.39. The summed E-state index contributed by atoms with van der Waals surface area (Å²) in [6.07, 6.45) is 7.18. The molecule has 0 radical (unpaired) electrons. The Labute approximate surface area is 109 Å². The van der Waals surface area contributed by atoms with Gasteiger partial charge in [-0.05, 0) is 37.7 Å². The monoisotopic (exact) mass is 240 g/mol. The third-order valence-electron chi connectivity index (χ3n) is 3.78. The van der Waals surface area contributed by atoms with E-state index < -0.39 is 0 Å². The van der Waals surface area contributed by atoms with Gasteiger partial charge in [0.05, 0.1) is 0 Å². The summed E-state index contributed by atoms with van der Waals surface area (Å²) in [6.45, 7) is 5.99. The molecule has 2 rings (SSSR count). The van der Waals surface area contributed by atoms with E-state index in [9.17, 15) is 4.79 Å². The van der Waals surface area contributed by atoms with E-state index in [1.165, 1.54) is 11.1 Å².